The van der Waals surface area contributed by atoms with E-state index < -0.39 is 0 Å². The van der Waals surface area contributed by atoms with Gasteiger partial charge in [-0.05, 0) is 63.0 Å². The fraction of sp³-hybridized carbons (Fsp3) is 0.667. The molecule has 4 rings (SSSR count). The number of benzene rings is 1. The van der Waals surface area contributed by atoms with Crippen LogP contribution in [0, 0.1) is 0 Å². The molecule has 6 nitrogen and oxygen atoms in total. The topological polar surface area (TPSA) is 54.0 Å². The summed E-state index contributed by atoms with van der Waals surface area (Å²) in [5.41, 5.74) is 1.91. The Balaban J connectivity index is 1.32. The molecule has 0 bridgehead atoms. The maximum atomic E-state index is 11.6. The lowest BCUT2D eigenvalue weighted by Crippen LogP contribution is -2.56. The molecule has 1 spiro atoms. The molecule has 3 saturated heterocycles. The van der Waals surface area contributed by atoms with Gasteiger partial charge in [-0.3, -0.25) is 4.90 Å². The number of methoxy groups -OCH3 is 1. The zero-order chi connectivity index (χ0) is 18.7. The molecule has 148 valence electrons. The van der Waals surface area contributed by atoms with E-state index in [4.69, 9.17) is 9.47 Å². The molecule has 1 unspecified atom stereocenters. The van der Waals surface area contributed by atoms with Crippen LogP contribution < -0.4 is 10.2 Å². The predicted octanol–water partition coefficient (Wildman–Crippen LogP) is 1.90. The highest BCUT2D eigenvalue weighted by molar-refractivity contribution is 5.89. The molecular weight excluding hydrogens is 342 g/mol. The number of nitrogens with zero attached hydrogens (tertiary/aromatic N) is 2. The molecule has 0 saturated carbocycles. The van der Waals surface area contributed by atoms with Crippen LogP contribution in [0.3, 0.4) is 0 Å². The van der Waals surface area contributed by atoms with Crippen LogP contribution in [0.1, 0.15) is 36.0 Å². The van der Waals surface area contributed by atoms with Gasteiger partial charge in [0.2, 0.25) is 0 Å². The fourth-order valence-corrected chi connectivity index (χ4v) is 4.82. The molecular formula is C21H31N3O3. The average Bonchev–Trinajstić information content (AvgIpc) is 2.74. The number of esters is 1. The lowest BCUT2D eigenvalue weighted by atomic mass is 9.82. The minimum Gasteiger partial charge on any atom is -0.465 e. The normalized spacial score (nSPS) is 26.1. The van der Waals surface area contributed by atoms with Gasteiger partial charge in [0, 0.05) is 44.5 Å². The zero-order valence-corrected chi connectivity index (χ0v) is 16.3. The largest absolute Gasteiger partial charge is 0.465 e. The van der Waals surface area contributed by atoms with Crippen LogP contribution in [0.2, 0.25) is 0 Å². The van der Waals surface area contributed by atoms with Crippen molar-refractivity contribution in [2.24, 2.45) is 0 Å². The van der Waals surface area contributed by atoms with Crippen molar-refractivity contribution in [1.29, 1.82) is 0 Å². The molecule has 1 aromatic carbocycles. The summed E-state index contributed by atoms with van der Waals surface area (Å²) in [5.74, 6) is -0.280. The fourth-order valence-electron chi connectivity index (χ4n) is 4.82. The molecule has 0 radical (unpaired) electrons. The molecule has 6 heteroatoms. The summed E-state index contributed by atoms with van der Waals surface area (Å²) in [5, 5.41) is 3.46. The quantitative estimate of drug-likeness (QED) is 0.817. The summed E-state index contributed by atoms with van der Waals surface area (Å²) in [4.78, 5) is 16.7. The second kappa shape index (κ2) is 8.17. The lowest BCUT2D eigenvalue weighted by molar-refractivity contribution is -0.121. The van der Waals surface area contributed by atoms with E-state index in [1.54, 1.807) is 0 Å². The van der Waals surface area contributed by atoms with Gasteiger partial charge in [0.25, 0.3) is 0 Å². The Bertz CT molecular complexity index is 629. The van der Waals surface area contributed by atoms with E-state index in [0.717, 1.165) is 65.1 Å². The second-order valence-corrected chi connectivity index (χ2v) is 7.99. The van der Waals surface area contributed by atoms with E-state index in [0.29, 0.717) is 11.6 Å². The van der Waals surface area contributed by atoms with Gasteiger partial charge in [-0.15, -0.1) is 0 Å². The van der Waals surface area contributed by atoms with E-state index in [1.165, 1.54) is 19.2 Å². The number of piperazine rings is 1. The van der Waals surface area contributed by atoms with Crippen molar-refractivity contribution in [3.05, 3.63) is 29.8 Å². The van der Waals surface area contributed by atoms with Crippen LogP contribution in [-0.4, -0.2) is 75.5 Å². The van der Waals surface area contributed by atoms with Crippen molar-refractivity contribution in [3.8, 4) is 0 Å². The van der Waals surface area contributed by atoms with Crippen LogP contribution in [0.25, 0.3) is 0 Å². The number of rotatable bonds is 3. The Kier molecular flexibility index (Phi) is 5.66. The van der Waals surface area contributed by atoms with Crippen molar-refractivity contribution in [2.75, 3.05) is 57.9 Å². The third-order valence-electron chi connectivity index (χ3n) is 6.47. The van der Waals surface area contributed by atoms with Crippen molar-refractivity contribution in [3.63, 3.8) is 0 Å². The summed E-state index contributed by atoms with van der Waals surface area (Å²) in [7, 11) is 1.42. The smallest absolute Gasteiger partial charge is 0.337 e. The SMILES string of the molecule is COC(=O)c1ccc(N2CCN(C3CCOC4(CCNCC4)C3)CC2)cc1. The van der Waals surface area contributed by atoms with E-state index >= 15 is 0 Å². The van der Waals surface area contributed by atoms with E-state index in [-0.39, 0.29) is 11.6 Å². The number of carbonyl (C=O) groups excluding carboxylic acids is 1. The van der Waals surface area contributed by atoms with E-state index in [2.05, 4.69) is 15.1 Å². The van der Waals surface area contributed by atoms with Crippen molar-refractivity contribution < 1.29 is 14.3 Å². The van der Waals surface area contributed by atoms with Crippen molar-refractivity contribution in [1.82, 2.24) is 10.2 Å². The first-order valence-corrected chi connectivity index (χ1v) is 10.2. The highest BCUT2D eigenvalue weighted by atomic mass is 16.5. The van der Waals surface area contributed by atoms with Crippen LogP contribution in [0.5, 0.6) is 0 Å². The third kappa shape index (κ3) is 4.13. The number of piperidine rings is 1. The average molecular weight is 373 g/mol. The summed E-state index contributed by atoms with van der Waals surface area (Å²) < 4.78 is 11.0. The summed E-state index contributed by atoms with van der Waals surface area (Å²) in [6.45, 7) is 7.33. The minimum absolute atomic E-state index is 0.120. The van der Waals surface area contributed by atoms with Gasteiger partial charge in [0.05, 0.1) is 18.3 Å². The molecule has 0 aromatic heterocycles. The second-order valence-electron chi connectivity index (χ2n) is 7.99. The number of ether oxygens (including phenoxy) is 2. The van der Waals surface area contributed by atoms with Crippen molar-refractivity contribution in [2.45, 2.75) is 37.3 Å². The van der Waals surface area contributed by atoms with Gasteiger partial charge in [-0.2, -0.15) is 0 Å². The number of nitrogens with one attached hydrogen (secondary N) is 1. The van der Waals surface area contributed by atoms with Crippen LogP contribution in [0.4, 0.5) is 5.69 Å². The Morgan fingerprint density at radius 1 is 1.15 bits per heavy atom. The van der Waals surface area contributed by atoms with Gasteiger partial charge < -0.3 is 19.7 Å². The summed E-state index contributed by atoms with van der Waals surface area (Å²) in [6, 6.07) is 8.42. The first-order chi connectivity index (χ1) is 13.2. The zero-order valence-electron chi connectivity index (χ0n) is 16.3. The summed E-state index contributed by atoms with van der Waals surface area (Å²) in [6.07, 6.45) is 4.64. The monoisotopic (exact) mass is 373 g/mol. The molecule has 1 aromatic rings. The molecule has 3 aliphatic rings. The Labute approximate surface area is 161 Å². The predicted molar refractivity (Wildman–Crippen MR) is 105 cm³/mol. The first-order valence-electron chi connectivity index (χ1n) is 10.2. The molecule has 3 fully saturated rings. The molecule has 1 atom stereocenters. The van der Waals surface area contributed by atoms with E-state index in [9.17, 15) is 4.79 Å². The highest BCUT2D eigenvalue weighted by Crippen LogP contribution is 2.35. The highest BCUT2D eigenvalue weighted by Gasteiger charge is 2.40. The van der Waals surface area contributed by atoms with Gasteiger partial charge in [0.15, 0.2) is 0 Å². The summed E-state index contributed by atoms with van der Waals surface area (Å²) >= 11 is 0. The molecule has 1 N–H and O–H groups in total. The maximum absolute atomic E-state index is 11.6. The van der Waals surface area contributed by atoms with Crippen LogP contribution in [0.15, 0.2) is 24.3 Å². The number of hydrogen-bond acceptors (Lipinski definition) is 6. The third-order valence-corrected chi connectivity index (χ3v) is 6.47. The molecule has 27 heavy (non-hydrogen) atoms. The minimum atomic E-state index is -0.280. The molecule has 3 heterocycles. The molecule has 0 aliphatic carbocycles. The lowest BCUT2D eigenvalue weighted by Gasteiger charge is -2.48. The Morgan fingerprint density at radius 2 is 1.85 bits per heavy atom. The Hall–Kier alpha value is -1.63. The first kappa shape index (κ1) is 18.7. The van der Waals surface area contributed by atoms with Gasteiger partial charge in [-0.25, -0.2) is 4.79 Å². The van der Waals surface area contributed by atoms with Crippen LogP contribution in [-0.2, 0) is 9.47 Å². The molecule has 0 amide bonds. The standard InChI is InChI=1S/C21H31N3O3/c1-26-20(25)17-2-4-18(5-3-17)23-11-13-24(14-12-23)19-6-15-27-21(16-19)7-9-22-10-8-21/h2-5,19,22H,6-16H2,1H3. The molecule has 3 aliphatic heterocycles. The Morgan fingerprint density at radius 3 is 2.52 bits per heavy atom. The van der Waals surface area contributed by atoms with Crippen LogP contribution >= 0.6 is 0 Å². The van der Waals surface area contributed by atoms with Gasteiger partial charge in [0.1, 0.15) is 0 Å². The maximum Gasteiger partial charge on any atom is 0.337 e. The number of hydrogen-bond donors (Lipinski definition) is 1. The van der Waals surface area contributed by atoms with Gasteiger partial charge in [-0.1, -0.05) is 0 Å². The van der Waals surface area contributed by atoms with Gasteiger partial charge >= 0.3 is 5.97 Å². The number of anilines is 1. The van der Waals surface area contributed by atoms with E-state index in [1.807, 2.05) is 24.3 Å². The number of carbonyl (C=O) groups is 1. The van der Waals surface area contributed by atoms with Crippen molar-refractivity contribution >= 4 is 11.7 Å².